The highest BCUT2D eigenvalue weighted by Crippen LogP contribution is 2.40. The molecular weight excluding hydrogens is 352 g/mol. The Labute approximate surface area is 165 Å². The Morgan fingerprint density at radius 2 is 1.82 bits per heavy atom. The molecule has 0 aliphatic carbocycles. The van der Waals surface area contributed by atoms with Gasteiger partial charge in [-0.05, 0) is 42.4 Å². The van der Waals surface area contributed by atoms with E-state index in [-0.39, 0.29) is 17.2 Å². The molecule has 2 aliphatic heterocycles. The molecule has 0 radical (unpaired) electrons. The summed E-state index contributed by atoms with van der Waals surface area (Å²) in [5.74, 6) is 0.663. The standard InChI is InChI=1S/C22H26N4O2/c23-19-7-6-18(14-24-19)21(28)25-12-10-22(11-13-25)9-8-20(27)26(16-22)15-17-4-2-1-3-5-17/h1-7,14H,8-13,15-16H2,(H2,23,24). The zero-order chi connectivity index (χ0) is 19.6. The van der Waals surface area contributed by atoms with Crippen LogP contribution in [-0.2, 0) is 11.3 Å². The smallest absolute Gasteiger partial charge is 0.255 e. The van der Waals surface area contributed by atoms with Gasteiger partial charge < -0.3 is 15.5 Å². The number of nitrogen functional groups attached to an aromatic ring is 1. The van der Waals surface area contributed by atoms with E-state index in [1.165, 1.54) is 0 Å². The van der Waals surface area contributed by atoms with Crippen LogP contribution < -0.4 is 5.73 Å². The van der Waals surface area contributed by atoms with Crippen molar-refractivity contribution in [3.05, 3.63) is 59.8 Å². The third kappa shape index (κ3) is 3.86. The van der Waals surface area contributed by atoms with Crippen LogP contribution in [0, 0.1) is 5.41 Å². The van der Waals surface area contributed by atoms with Gasteiger partial charge in [0.05, 0.1) is 5.56 Å². The topological polar surface area (TPSA) is 79.5 Å². The zero-order valence-electron chi connectivity index (χ0n) is 16.0. The number of likely N-dealkylation sites (tertiary alicyclic amines) is 2. The maximum absolute atomic E-state index is 12.7. The molecule has 2 aliphatic rings. The number of nitrogens with zero attached hydrogens (tertiary/aromatic N) is 3. The van der Waals surface area contributed by atoms with Crippen molar-refractivity contribution in [2.24, 2.45) is 5.41 Å². The van der Waals surface area contributed by atoms with Crippen molar-refractivity contribution in [2.45, 2.75) is 32.2 Å². The Morgan fingerprint density at radius 1 is 1.07 bits per heavy atom. The third-order valence-corrected chi connectivity index (χ3v) is 6.11. The lowest BCUT2D eigenvalue weighted by atomic mass is 9.72. The van der Waals surface area contributed by atoms with Gasteiger partial charge in [-0.2, -0.15) is 0 Å². The SMILES string of the molecule is Nc1ccc(C(=O)N2CCC3(CCC(=O)N(Cc4ccccc4)C3)CC2)cn1. The van der Waals surface area contributed by atoms with E-state index in [2.05, 4.69) is 17.1 Å². The van der Waals surface area contributed by atoms with Crippen LogP contribution in [0.5, 0.6) is 0 Å². The normalized spacial score (nSPS) is 19.1. The van der Waals surface area contributed by atoms with Crippen LogP contribution in [-0.4, -0.2) is 46.2 Å². The van der Waals surface area contributed by atoms with Crippen molar-refractivity contribution in [1.82, 2.24) is 14.8 Å². The highest BCUT2D eigenvalue weighted by Gasteiger charge is 2.41. The summed E-state index contributed by atoms with van der Waals surface area (Å²) in [6.07, 6.45) is 4.92. The molecule has 2 fully saturated rings. The first-order chi connectivity index (χ1) is 13.5. The molecule has 2 saturated heterocycles. The van der Waals surface area contributed by atoms with E-state index in [9.17, 15) is 9.59 Å². The summed E-state index contributed by atoms with van der Waals surface area (Å²) >= 11 is 0. The minimum Gasteiger partial charge on any atom is -0.384 e. The van der Waals surface area contributed by atoms with Gasteiger partial charge in [-0.15, -0.1) is 0 Å². The molecule has 2 amide bonds. The van der Waals surface area contributed by atoms with Crippen molar-refractivity contribution >= 4 is 17.6 Å². The van der Waals surface area contributed by atoms with E-state index < -0.39 is 0 Å². The number of aromatic nitrogens is 1. The van der Waals surface area contributed by atoms with E-state index in [1.807, 2.05) is 28.0 Å². The van der Waals surface area contributed by atoms with Crippen molar-refractivity contribution in [2.75, 3.05) is 25.4 Å². The molecule has 1 spiro atoms. The number of carbonyl (C=O) groups is 2. The number of carbonyl (C=O) groups excluding carboxylic acids is 2. The van der Waals surface area contributed by atoms with Crippen molar-refractivity contribution in [3.8, 4) is 0 Å². The van der Waals surface area contributed by atoms with E-state index in [1.54, 1.807) is 18.3 Å². The van der Waals surface area contributed by atoms with Crippen LogP contribution in [0.2, 0.25) is 0 Å². The Morgan fingerprint density at radius 3 is 2.50 bits per heavy atom. The van der Waals surface area contributed by atoms with E-state index in [0.29, 0.717) is 24.3 Å². The number of hydrogen-bond donors (Lipinski definition) is 1. The minimum atomic E-state index is 0.00961. The molecule has 28 heavy (non-hydrogen) atoms. The molecule has 146 valence electrons. The molecule has 4 rings (SSSR count). The largest absolute Gasteiger partial charge is 0.384 e. The molecule has 1 aromatic carbocycles. The quantitative estimate of drug-likeness (QED) is 0.891. The van der Waals surface area contributed by atoms with E-state index >= 15 is 0 Å². The summed E-state index contributed by atoms with van der Waals surface area (Å²) in [5, 5.41) is 0. The number of rotatable bonds is 3. The van der Waals surface area contributed by atoms with Gasteiger partial charge in [0.25, 0.3) is 5.91 Å². The molecule has 6 heteroatoms. The third-order valence-electron chi connectivity index (χ3n) is 6.11. The van der Waals surface area contributed by atoms with Gasteiger partial charge in [-0.25, -0.2) is 4.98 Å². The Kier molecular flexibility index (Phi) is 5.03. The van der Waals surface area contributed by atoms with Gasteiger partial charge in [0.1, 0.15) is 5.82 Å². The number of nitrogens with two attached hydrogens (primary N) is 1. The average molecular weight is 378 g/mol. The van der Waals surface area contributed by atoms with E-state index in [4.69, 9.17) is 5.73 Å². The number of anilines is 1. The second kappa shape index (κ2) is 7.62. The Balaban J connectivity index is 1.39. The predicted octanol–water partition coefficient (Wildman–Crippen LogP) is 2.71. The lowest BCUT2D eigenvalue weighted by Gasteiger charge is -2.47. The van der Waals surface area contributed by atoms with Crippen molar-refractivity contribution < 1.29 is 9.59 Å². The highest BCUT2D eigenvalue weighted by atomic mass is 16.2. The molecule has 0 atom stereocenters. The van der Waals surface area contributed by atoms with Crippen LogP contribution in [0.15, 0.2) is 48.7 Å². The highest BCUT2D eigenvalue weighted by molar-refractivity contribution is 5.94. The number of benzene rings is 1. The molecule has 0 unspecified atom stereocenters. The number of pyridine rings is 1. The van der Waals surface area contributed by atoms with E-state index in [0.717, 1.165) is 44.5 Å². The number of piperidine rings is 2. The summed E-state index contributed by atoms with van der Waals surface area (Å²) in [6, 6.07) is 13.5. The first-order valence-corrected chi connectivity index (χ1v) is 9.87. The maximum atomic E-state index is 12.7. The summed E-state index contributed by atoms with van der Waals surface area (Å²) in [5.41, 5.74) is 7.48. The van der Waals surface area contributed by atoms with Gasteiger partial charge >= 0.3 is 0 Å². The fourth-order valence-electron chi connectivity index (χ4n) is 4.36. The molecular formula is C22H26N4O2. The van der Waals surface area contributed by atoms with Crippen LogP contribution in [0.1, 0.15) is 41.6 Å². The fourth-order valence-corrected chi connectivity index (χ4v) is 4.36. The zero-order valence-corrected chi connectivity index (χ0v) is 16.0. The van der Waals surface area contributed by atoms with Crippen LogP contribution in [0.3, 0.4) is 0 Å². The molecule has 0 saturated carbocycles. The van der Waals surface area contributed by atoms with Gasteiger partial charge in [-0.1, -0.05) is 30.3 Å². The first kappa shape index (κ1) is 18.5. The monoisotopic (exact) mass is 378 g/mol. The van der Waals surface area contributed by atoms with Gasteiger partial charge in [0, 0.05) is 38.8 Å². The van der Waals surface area contributed by atoms with Gasteiger partial charge in [0.15, 0.2) is 0 Å². The number of hydrogen-bond acceptors (Lipinski definition) is 4. The predicted molar refractivity (Wildman–Crippen MR) is 107 cm³/mol. The van der Waals surface area contributed by atoms with Gasteiger partial charge in [0.2, 0.25) is 5.91 Å². The minimum absolute atomic E-state index is 0.00961. The van der Waals surface area contributed by atoms with Crippen LogP contribution in [0.4, 0.5) is 5.82 Å². The van der Waals surface area contributed by atoms with Crippen LogP contribution in [0.25, 0.3) is 0 Å². The fraction of sp³-hybridized carbons (Fsp3) is 0.409. The lowest BCUT2D eigenvalue weighted by molar-refractivity contribution is -0.139. The Bertz CT molecular complexity index is 843. The lowest BCUT2D eigenvalue weighted by Crippen LogP contribution is -2.52. The summed E-state index contributed by atoms with van der Waals surface area (Å²) < 4.78 is 0. The second-order valence-corrected chi connectivity index (χ2v) is 8.00. The summed E-state index contributed by atoms with van der Waals surface area (Å²) in [4.78, 5) is 33.1. The van der Waals surface area contributed by atoms with Crippen molar-refractivity contribution in [3.63, 3.8) is 0 Å². The molecule has 0 bridgehead atoms. The summed E-state index contributed by atoms with van der Waals surface area (Å²) in [7, 11) is 0. The maximum Gasteiger partial charge on any atom is 0.255 e. The molecule has 2 aromatic rings. The molecule has 3 heterocycles. The number of amides is 2. The van der Waals surface area contributed by atoms with Crippen molar-refractivity contribution in [1.29, 1.82) is 0 Å². The summed E-state index contributed by atoms with van der Waals surface area (Å²) in [6.45, 7) is 2.89. The van der Waals surface area contributed by atoms with Gasteiger partial charge in [-0.3, -0.25) is 9.59 Å². The van der Waals surface area contributed by atoms with Crippen LogP contribution >= 0.6 is 0 Å². The Hall–Kier alpha value is -2.89. The molecule has 2 N–H and O–H groups in total. The molecule has 6 nitrogen and oxygen atoms in total. The first-order valence-electron chi connectivity index (χ1n) is 9.87. The molecule has 1 aromatic heterocycles. The average Bonchev–Trinajstić information content (AvgIpc) is 2.72. The second-order valence-electron chi connectivity index (χ2n) is 8.00.